The lowest BCUT2D eigenvalue weighted by molar-refractivity contribution is -0.146. The second-order valence-electron chi connectivity index (χ2n) is 5.26. The molecule has 0 bridgehead atoms. The number of carbonyl (C=O) groups is 2. The number of hydrogen-bond donors (Lipinski definition) is 1. The van der Waals surface area contributed by atoms with E-state index in [2.05, 4.69) is 5.32 Å². The summed E-state index contributed by atoms with van der Waals surface area (Å²) in [6, 6.07) is 7.13. The lowest BCUT2D eigenvalue weighted by Crippen LogP contribution is -2.47. The zero-order chi connectivity index (χ0) is 16.0. The molecule has 5 heteroatoms. The Morgan fingerprint density at radius 3 is 2.29 bits per heavy atom. The Morgan fingerprint density at radius 1 is 1.19 bits per heavy atom. The van der Waals surface area contributed by atoms with Crippen LogP contribution >= 0.6 is 0 Å². The fourth-order valence-electron chi connectivity index (χ4n) is 2.03. The van der Waals surface area contributed by atoms with E-state index in [9.17, 15) is 9.59 Å². The van der Waals surface area contributed by atoms with Crippen molar-refractivity contribution in [1.29, 1.82) is 0 Å². The first-order valence-corrected chi connectivity index (χ1v) is 7.12. The van der Waals surface area contributed by atoms with Gasteiger partial charge in [-0.3, -0.25) is 9.59 Å². The zero-order valence-electron chi connectivity index (χ0n) is 13.4. The van der Waals surface area contributed by atoms with E-state index in [1.807, 2.05) is 19.9 Å². The van der Waals surface area contributed by atoms with Crippen LogP contribution in [0, 0.1) is 5.41 Å². The van der Waals surface area contributed by atoms with Crippen LogP contribution in [0.25, 0.3) is 0 Å². The predicted octanol–water partition coefficient (Wildman–Crippen LogP) is 2.53. The number of carbonyl (C=O) groups excluding carboxylic acids is 2. The number of hydrogen-bond acceptors (Lipinski definition) is 3. The largest absolute Gasteiger partial charge is 0.495 e. The second-order valence-corrected chi connectivity index (χ2v) is 5.26. The third-order valence-electron chi connectivity index (χ3n) is 3.51. The molecular weight excluding hydrogens is 268 g/mol. The topological polar surface area (TPSA) is 58.6 Å². The molecule has 0 saturated heterocycles. The van der Waals surface area contributed by atoms with E-state index in [1.54, 1.807) is 36.9 Å². The van der Waals surface area contributed by atoms with Crippen LogP contribution in [0.5, 0.6) is 5.75 Å². The molecule has 0 aromatic heterocycles. The molecule has 0 fully saturated rings. The summed E-state index contributed by atoms with van der Waals surface area (Å²) in [5, 5.41) is 2.77. The summed E-state index contributed by atoms with van der Waals surface area (Å²) in [6.07, 6.45) is 0. The van der Waals surface area contributed by atoms with Gasteiger partial charge in [-0.2, -0.15) is 0 Å². The lowest BCUT2D eigenvalue weighted by Gasteiger charge is -2.29. The minimum Gasteiger partial charge on any atom is -0.495 e. The van der Waals surface area contributed by atoms with Crippen LogP contribution in [-0.2, 0) is 9.59 Å². The Morgan fingerprint density at radius 2 is 1.76 bits per heavy atom. The van der Waals surface area contributed by atoms with Gasteiger partial charge >= 0.3 is 0 Å². The molecule has 2 amide bonds. The second kappa shape index (κ2) is 7.11. The van der Waals surface area contributed by atoms with Gasteiger partial charge in [0.05, 0.1) is 12.8 Å². The van der Waals surface area contributed by atoms with Crippen LogP contribution in [-0.4, -0.2) is 36.9 Å². The molecule has 0 unspecified atom stereocenters. The summed E-state index contributed by atoms with van der Waals surface area (Å²) < 4.78 is 5.20. The number of methoxy groups -OCH3 is 1. The highest BCUT2D eigenvalue weighted by Gasteiger charge is 2.38. The first-order chi connectivity index (χ1) is 9.88. The number of amides is 2. The van der Waals surface area contributed by atoms with Crippen molar-refractivity contribution in [3.8, 4) is 5.75 Å². The molecule has 1 aromatic rings. The SMILES string of the molecule is CCN(CC)C(=O)C(C)(C)C(=O)Nc1ccccc1OC. The molecule has 116 valence electrons. The molecule has 1 aromatic carbocycles. The highest BCUT2D eigenvalue weighted by atomic mass is 16.5. The normalized spacial score (nSPS) is 10.9. The molecule has 21 heavy (non-hydrogen) atoms. The predicted molar refractivity (Wildman–Crippen MR) is 83.3 cm³/mol. The van der Waals surface area contributed by atoms with Crippen molar-refractivity contribution in [2.75, 3.05) is 25.5 Å². The molecule has 0 aliphatic heterocycles. The van der Waals surface area contributed by atoms with E-state index in [-0.39, 0.29) is 11.8 Å². The molecule has 0 aliphatic rings. The summed E-state index contributed by atoms with van der Waals surface area (Å²) >= 11 is 0. The zero-order valence-corrected chi connectivity index (χ0v) is 13.4. The van der Waals surface area contributed by atoms with E-state index < -0.39 is 5.41 Å². The molecule has 0 atom stereocenters. The molecule has 0 radical (unpaired) electrons. The van der Waals surface area contributed by atoms with Crippen molar-refractivity contribution in [1.82, 2.24) is 4.90 Å². The first kappa shape index (κ1) is 17.0. The number of nitrogens with zero attached hydrogens (tertiary/aromatic N) is 1. The molecule has 0 heterocycles. The summed E-state index contributed by atoms with van der Waals surface area (Å²) in [5.74, 6) is 0.0423. The Balaban J connectivity index is 2.93. The average molecular weight is 292 g/mol. The van der Waals surface area contributed by atoms with Crippen LogP contribution in [0.4, 0.5) is 5.69 Å². The van der Waals surface area contributed by atoms with Gasteiger partial charge < -0.3 is 15.0 Å². The molecule has 5 nitrogen and oxygen atoms in total. The average Bonchev–Trinajstić information content (AvgIpc) is 2.48. The third-order valence-corrected chi connectivity index (χ3v) is 3.51. The van der Waals surface area contributed by atoms with Crippen molar-refractivity contribution < 1.29 is 14.3 Å². The Bertz CT molecular complexity index is 508. The molecule has 1 N–H and O–H groups in total. The van der Waals surface area contributed by atoms with E-state index in [0.29, 0.717) is 24.5 Å². The molecule has 0 spiro atoms. The van der Waals surface area contributed by atoms with Crippen molar-refractivity contribution in [3.05, 3.63) is 24.3 Å². The Kier molecular flexibility index (Phi) is 5.76. The van der Waals surface area contributed by atoms with Gasteiger partial charge in [-0.15, -0.1) is 0 Å². The van der Waals surface area contributed by atoms with Crippen LogP contribution in [0.3, 0.4) is 0 Å². The van der Waals surface area contributed by atoms with E-state index in [1.165, 1.54) is 7.11 Å². The maximum atomic E-state index is 12.5. The number of benzene rings is 1. The van der Waals surface area contributed by atoms with E-state index in [4.69, 9.17) is 4.74 Å². The number of anilines is 1. The van der Waals surface area contributed by atoms with Gasteiger partial charge in [-0.25, -0.2) is 0 Å². The van der Waals surface area contributed by atoms with E-state index >= 15 is 0 Å². The van der Waals surface area contributed by atoms with Crippen LogP contribution in [0.1, 0.15) is 27.7 Å². The Hall–Kier alpha value is -2.04. The van der Waals surface area contributed by atoms with E-state index in [0.717, 1.165) is 0 Å². The monoisotopic (exact) mass is 292 g/mol. The quantitative estimate of drug-likeness (QED) is 0.820. The van der Waals surface area contributed by atoms with Gasteiger partial charge in [-0.05, 0) is 39.8 Å². The van der Waals surface area contributed by atoms with Gasteiger partial charge in [0, 0.05) is 13.1 Å². The smallest absolute Gasteiger partial charge is 0.239 e. The maximum absolute atomic E-state index is 12.5. The van der Waals surface area contributed by atoms with Crippen LogP contribution in [0.2, 0.25) is 0 Å². The van der Waals surface area contributed by atoms with Crippen molar-refractivity contribution in [2.24, 2.45) is 5.41 Å². The Labute approximate surface area is 126 Å². The maximum Gasteiger partial charge on any atom is 0.239 e. The molecule has 1 rings (SSSR count). The standard InChI is InChI=1S/C16H24N2O3/c1-6-18(7-2)15(20)16(3,4)14(19)17-12-10-8-9-11-13(12)21-5/h8-11H,6-7H2,1-5H3,(H,17,19). The number of para-hydroxylation sites is 2. The fourth-order valence-corrected chi connectivity index (χ4v) is 2.03. The first-order valence-electron chi connectivity index (χ1n) is 7.12. The van der Waals surface area contributed by atoms with Gasteiger partial charge in [-0.1, -0.05) is 12.1 Å². The minimum absolute atomic E-state index is 0.181. The summed E-state index contributed by atoms with van der Waals surface area (Å²) in [7, 11) is 1.54. The minimum atomic E-state index is -1.13. The van der Waals surface area contributed by atoms with Crippen LogP contribution in [0.15, 0.2) is 24.3 Å². The van der Waals surface area contributed by atoms with Crippen LogP contribution < -0.4 is 10.1 Å². The van der Waals surface area contributed by atoms with Gasteiger partial charge in [0.15, 0.2) is 0 Å². The fraction of sp³-hybridized carbons (Fsp3) is 0.500. The molecule has 0 saturated carbocycles. The summed E-state index contributed by atoms with van der Waals surface area (Å²) in [5.41, 5.74) is -0.571. The summed E-state index contributed by atoms with van der Waals surface area (Å²) in [4.78, 5) is 26.6. The van der Waals surface area contributed by atoms with Gasteiger partial charge in [0.1, 0.15) is 11.2 Å². The summed E-state index contributed by atoms with van der Waals surface area (Å²) in [6.45, 7) is 8.24. The van der Waals surface area contributed by atoms with Crippen molar-refractivity contribution in [2.45, 2.75) is 27.7 Å². The number of ether oxygens (including phenoxy) is 1. The van der Waals surface area contributed by atoms with Gasteiger partial charge in [0.2, 0.25) is 11.8 Å². The molecular formula is C16H24N2O3. The molecule has 0 aliphatic carbocycles. The van der Waals surface area contributed by atoms with Crippen molar-refractivity contribution >= 4 is 17.5 Å². The highest BCUT2D eigenvalue weighted by molar-refractivity contribution is 6.10. The number of rotatable bonds is 6. The number of nitrogens with one attached hydrogen (secondary N) is 1. The lowest BCUT2D eigenvalue weighted by atomic mass is 9.90. The third kappa shape index (κ3) is 3.74. The van der Waals surface area contributed by atoms with Gasteiger partial charge in [0.25, 0.3) is 0 Å². The highest BCUT2D eigenvalue weighted by Crippen LogP contribution is 2.27. The van der Waals surface area contributed by atoms with Crippen molar-refractivity contribution in [3.63, 3.8) is 0 Å².